The third-order valence-corrected chi connectivity index (χ3v) is 9.54. The summed E-state index contributed by atoms with van der Waals surface area (Å²) in [4.78, 5) is 30.9. The Hall–Kier alpha value is -5.06. The van der Waals surface area contributed by atoms with Crippen molar-refractivity contribution in [2.75, 3.05) is 7.11 Å². The second-order valence-corrected chi connectivity index (χ2v) is 13.2. The lowest BCUT2D eigenvalue weighted by molar-refractivity contribution is -0.149. The fourth-order valence-electron chi connectivity index (χ4n) is 5.58. The van der Waals surface area contributed by atoms with Crippen LogP contribution in [0.2, 0.25) is 0 Å². The Labute approximate surface area is 275 Å². The first kappa shape index (κ1) is 33.3. The van der Waals surface area contributed by atoms with E-state index in [9.17, 15) is 18.0 Å². The molecule has 0 bridgehead atoms. The molecule has 0 aliphatic heterocycles. The van der Waals surface area contributed by atoms with Crippen molar-refractivity contribution in [3.05, 3.63) is 148 Å². The number of hydrogen-bond donors (Lipinski definition) is 1. The molecule has 2 atom stereocenters. The van der Waals surface area contributed by atoms with Crippen molar-refractivity contribution in [1.29, 1.82) is 0 Å². The number of sulfonamides is 1. The summed E-state index contributed by atoms with van der Waals surface area (Å²) in [7, 11) is -2.78. The molecule has 242 valence electrons. The molecule has 0 aliphatic carbocycles. The largest absolute Gasteiger partial charge is 0.465 e. The summed E-state index contributed by atoms with van der Waals surface area (Å²) in [6.07, 6.45) is 4.27. The lowest BCUT2D eigenvalue weighted by Crippen LogP contribution is -2.43. The quantitative estimate of drug-likeness (QED) is 0.171. The minimum Gasteiger partial charge on any atom is -0.465 e. The monoisotopic (exact) mass is 651 g/mol. The summed E-state index contributed by atoms with van der Waals surface area (Å²) in [5, 5.41) is 0. The van der Waals surface area contributed by atoms with Crippen LogP contribution in [0.5, 0.6) is 0 Å². The zero-order chi connectivity index (χ0) is 33.7. The van der Waals surface area contributed by atoms with Crippen molar-refractivity contribution in [2.24, 2.45) is 0 Å². The van der Waals surface area contributed by atoms with Gasteiger partial charge in [0.25, 0.3) is 0 Å². The van der Waals surface area contributed by atoms with E-state index in [1.807, 2.05) is 87.0 Å². The first-order valence-corrected chi connectivity index (χ1v) is 16.6. The summed E-state index contributed by atoms with van der Waals surface area (Å²) in [5.74, 6) is -1.24. The number of carbonyl (C=O) groups is 2. The zero-order valence-electron chi connectivity index (χ0n) is 26.9. The highest BCUT2D eigenvalue weighted by atomic mass is 32.2. The number of aromatic nitrogens is 2. The molecule has 4 aromatic carbocycles. The van der Waals surface area contributed by atoms with Crippen LogP contribution in [0.4, 0.5) is 0 Å². The molecule has 0 amide bonds. The van der Waals surface area contributed by atoms with Crippen LogP contribution in [0.25, 0.3) is 5.69 Å². The van der Waals surface area contributed by atoms with Crippen LogP contribution in [0, 0.1) is 27.7 Å². The fourth-order valence-corrected chi connectivity index (χ4v) is 6.76. The van der Waals surface area contributed by atoms with Crippen molar-refractivity contribution >= 4 is 22.0 Å². The number of imidazole rings is 1. The maximum atomic E-state index is 14.3. The SMILES string of the molecule is COC(=O)c1cc(C)c([C@@H](OC(=O)[C@H](Cc2ccccc2)NS(=O)(=O)c2ccc(C)cc2)c2cc(-n3ccnc3)ccc2C)c(C)c1. The van der Waals surface area contributed by atoms with E-state index < -0.39 is 34.1 Å². The minimum atomic E-state index is -4.10. The van der Waals surface area contributed by atoms with Gasteiger partial charge in [0, 0.05) is 29.2 Å². The van der Waals surface area contributed by atoms with E-state index >= 15 is 0 Å². The minimum absolute atomic E-state index is 0.0412. The highest BCUT2D eigenvalue weighted by Crippen LogP contribution is 2.35. The highest BCUT2D eigenvalue weighted by Gasteiger charge is 2.32. The lowest BCUT2D eigenvalue weighted by Gasteiger charge is -2.27. The van der Waals surface area contributed by atoms with Crippen molar-refractivity contribution in [3.63, 3.8) is 0 Å². The van der Waals surface area contributed by atoms with Gasteiger partial charge >= 0.3 is 11.9 Å². The first-order valence-electron chi connectivity index (χ1n) is 15.1. The number of esters is 2. The number of nitrogens with one attached hydrogen (secondary N) is 1. The average Bonchev–Trinajstić information content (AvgIpc) is 3.59. The fraction of sp³-hybridized carbons (Fsp3) is 0.216. The van der Waals surface area contributed by atoms with E-state index in [2.05, 4.69) is 9.71 Å². The van der Waals surface area contributed by atoms with Gasteiger partial charge in [0.2, 0.25) is 10.0 Å². The van der Waals surface area contributed by atoms with Gasteiger partial charge < -0.3 is 14.0 Å². The number of ether oxygens (including phenoxy) is 2. The van der Waals surface area contributed by atoms with Crippen LogP contribution in [-0.2, 0) is 30.7 Å². The summed E-state index contributed by atoms with van der Waals surface area (Å²) in [6, 6.07) is 23.5. The Morgan fingerprint density at radius 1 is 0.872 bits per heavy atom. The predicted molar refractivity (Wildman–Crippen MR) is 179 cm³/mol. The smallest absolute Gasteiger partial charge is 0.337 e. The zero-order valence-corrected chi connectivity index (χ0v) is 27.7. The molecule has 5 aromatic rings. The maximum Gasteiger partial charge on any atom is 0.337 e. The van der Waals surface area contributed by atoms with Crippen molar-refractivity contribution in [1.82, 2.24) is 14.3 Å². The molecule has 0 radical (unpaired) electrons. The first-order chi connectivity index (χ1) is 22.5. The van der Waals surface area contributed by atoms with Gasteiger partial charge in [-0.25, -0.2) is 18.2 Å². The third-order valence-electron chi connectivity index (χ3n) is 8.05. The van der Waals surface area contributed by atoms with Gasteiger partial charge in [-0.05, 0) is 92.8 Å². The van der Waals surface area contributed by atoms with Crippen molar-refractivity contribution in [2.45, 2.75) is 51.2 Å². The number of nitrogens with zero attached hydrogens (tertiary/aromatic N) is 2. The summed E-state index contributed by atoms with van der Waals surface area (Å²) in [5.41, 5.74) is 6.46. The Bertz CT molecular complexity index is 1970. The standard InChI is InChI=1S/C37H37N3O6S/c1-24-11-15-31(16-12-24)47(43,44)39-33(21-28-9-7-6-8-10-28)37(42)46-35(34-26(3)19-29(20-27(34)4)36(41)45-5)32-22-30(14-13-25(32)2)40-18-17-38-23-40/h6-20,22-23,33,35,39H,21H2,1-5H3/t33-,35-/m0/s1. The van der Waals surface area contributed by atoms with Gasteiger partial charge in [-0.3, -0.25) is 4.79 Å². The van der Waals surface area contributed by atoms with Crippen LogP contribution in [-0.4, -0.2) is 43.1 Å². The van der Waals surface area contributed by atoms with Gasteiger partial charge in [-0.1, -0.05) is 54.1 Å². The second kappa shape index (κ2) is 14.1. The predicted octanol–water partition coefficient (Wildman–Crippen LogP) is 6.11. The van der Waals surface area contributed by atoms with Gasteiger partial charge in [-0.15, -0.1) is 0 Å². The number of methoxy groups -OCH3 is 1. The number of aryl methyl sites for hydroxylation is 4. The molecular weight excluding hydrogens is 614 g/mol. The van der Waals surface area contributed by atoms with Gasteiger partial charge in [-0.2, -0.15) is 4.72 Å². The number of benzene rings is 4. The van der Waals surface area contributed by atoms with Crippen LogP contribution in [0.1, 0.15) is 55.4 Å². The van der Waals surface area contributed by atoms with Gasteiger partial charge in [0.15, 0.2) is 6.10 Å². The normalized spacial score (nSPS) is 12.7. The molecule has 0 spiro atoms. The molecule has 9 nitrogen and oxygen atoms in total. The molecule has 1 heterocycles. The molecule has 0 unspecified atom stereocenters. The maximum absolute atomic E-state index is 14.3. The molecule has 1 N–H and O–H groups in total. The van der Waals surface area contributed by atoms with E-state index in [1.54, 1.807) is 36.8 Å². The summed E-state index contributed by atoms with van der Waals surface area (Å²) in [6.45, 7) is 7.46. The van der Waals surface area contributed by atoms with Crippen LogP contribution in [0.15, 0.2) is 109 Å². The van der Waals surface area contributed by atoms with E-state index in [0.29, 0.717) is 27.8 Å². The molecule has 0 saturated carbocycles. The van der Waals surface area contributed by atoms with Crippen LogP contribution >= 0.6 is 0 Å². The Morgan fingerprint density at radius 3 is 2.17 bits per heavy atom. The average molecular weight is 652 g/mol. The van der Waals surface area contributed by atoms with Crippen LogP contribution < -0.4 is 4.72 Å². The summed E-state index contributed by atoms with van der Waals surface area (Å²) >= 11 is 0. The molecule has 1 aromatic heterocycles. The molecule has 0 aliphatic rings. The van der Waals surface area contributed by atoms with E-state index in [1.165, 1.54) is 19.2 Å². The van der Waals surface area contributed by atoms with Gasteiger partial charge in [0.1, 0.15) is 6.04 Å². The topological polar surface area (TPSA) is 117 Å². The molecule has 10 heteroatoms. The van der Waals surface area contributed by atoms with E-state index in [0.717, 1.165) is 22.4 Å². The number of hydrogen-bond acceptors (Lipinski definition) is 7. The lowest BCUT2D eigenvalue weighted by atomic mass is 9.89. The van der Waals surface area contributed by atoms with E-state index in [4.69, 9.17) is 9.47 Å². The third kappa shape index (κ3) is 7.67. The van der Waals surface area contributed by atoms with Crippen molar-refractivity contribution in [3.8, 4) is 5.69 Å². The number of carbonyl (C=O) groups excluding carboxylic acids is 2. The molecule has 47 heavy (non-hydrogen) atoms. The second-order valence-electron chi connectivity index (χ2n) is 11.5. The molecule has 0 fully saturated rings. The summed E-state index contributed by atoms with van der Waals surface area (Å²) < 4.78 is 42.9. The van der Waals surface area contributed by atoms with Crippen LogP contribution in [0.3, 0.4) is 0 Å². The Balaban J connectivity index is 1.60. The molecule has 5 rings (SSSR count). The molecular formula is C37H37N3O6S. The highest BCUT2D eigenvalue weighted by molar-refractivity contribution is 7.89. The van der Waals surface area contributed by atoms with E-state index in [-0.39, 0.29) is 11.3 Å². The Morgan fingerprint density at radius 2 is 1.55 bits per heavy atom. The Kier molecular flexibility index (Phi) is 10.0. The molecule has 0 saturated heterocycles. The number of rotatable bonds is 11. The van der Waals surface area contributed by atoms with Gasteiger partial charge in [0.05, 0.1) is 23.9 Å². The van der Waals surface area contributed by atoms with Crippen molar-refractivity contribution < 1.29 is 27.5 Å².